The fourth-order valence-electron chi connectivity index (χ4n) is 3.84. The molecule has 0 aliphatic carbocycles. The van der Waals surface area contributed by atoms with Crippen molar-refractivity contribution in [3.8, 4) is 0 Å². The minimum absolute atomic E-state index is 0.00795. The summed E-state index contributed by atoms with van der Waals surface area (Å²) in [6.45, 7) is 4.17. The van der Waals surface area contributed by atoms with Gasteiger partial charge in [0.15, 0.2) is 5.82 Å². The van der Waals surface area contributed by atoms with E-state index < -0.39 is 0 Å². The second kappa shape index (κ2) is 9.39. The van der Waals surface area contributed by atoms with Gasteiger partial charge in [0.05, 0.1) is 17.8 Å². The fraction of sp³-hybridized carbons (Fsp3) is 0.292. The van der Waals surface area contributed by atoms with Crippen LogP contribution >= 0.6 is 0 Å². The highest BCUT2D eigenvalue weighted by molar-refractivity contribution is 5.96. The second-order valence-corrected chi connectivity index (χ2v) is 7.56. The van der Waals surface area contributed by atoms with Crippen LogP contribution in [0.1, 0.15) is 37.7 Å². The summed E-state index contributed by atoms with van der Waals surface area (Å²) in [6.07, 6.45) is 5.01. The van der Waals surface area contributed by atoms with E-state index >= 15 is 0 Å². The van der Waals surface area contributed by atoms with Crippen molar-refractivity contribution in [3.63, 3.8) is 0 Å². The van der Waals surface area contributed by atoms with Gasteiger partial charge in [-0.3, -0.25) is 4.79 Å². The average molecular weight is 402 g/mol. The molecule has 1 atom stereocenters. The Labute approximate surface area is 177 Å². The van der Waals surface area contributed by atoms with Crippen molar-refractivity contribution >= 4 is 28.8 Å². The van der Waals surface area contributed by atoms with Gasteiger partial charge < -0.3 is 15.5 Å². The molecule has 2 heterocycles. The molecule has 0 bridgehead atoms. The molecule has 0 saturated carbocycles. The predicted octanol–water partition coefficient (Wildman–Crippen LogP) is 4.95. The molecule has 1 aliphatic rings. The van der Waals surface area contributed by atoms with Gasteiger partial charge in [-0.05, 0) is 49.1 Å². The Morgan fingerprint density at radius 2 is 1.73 bits per heavy atom. The zero-order valence-corrected chi connectivity index (χ0v) is 17.2. The third-order valence-corrected chi connectivity index (χ3v) is 5.46. The third-order valence-electron chi connectivity index (χ3n) is 5.46. The Morgan fingerprint density at radius 1 is 1.03 bits per heavy atom. The number of rotatable bonds is 7. The number of nitrogens with zero attached hydrogens (tertiary/aromatic N) is 3. The summed E-state index contributed by atoms with van der Waals surface area (Å²) in [6, 6.07) is 19.6. The highest BCUT2D eigenvalue weighted by Gasteiger charge is 2.18. The van der Waals surface area contributed by atoms with Gasteiger partial charge in [0, 0.05) is 30.5 Å². The molecule has 1 fully saturated rings. The largest absolute Gasteiger partial charge is 0.370 e. The van der Waals surface area contributed by atoms with Crippen LogP contribution in [-0.4, -0.2) is 29.2 Å². The number of carbonyl (C=O) groups excluding carboxylic acids is 1. The molecule has 1 aliphatic heterocycles. The summed E-state index contributed by atoms with van der Waals surface area (Å²) < 4.78 is 0. The van der Waals surface area contributed by atoms with E-state index in [0.29, 0.717) is 5.82 Å². The molecule has 1 unspecified atom stereocenters. The quantitative estimate of drug-likeness (QED) is 0.586. The summed E-state index contributed by atoms with van der Waals surface area (Å²) in [5.41, 5.74) is 3.81. The lowest BCUT2D eigenvalue weighted by molar-refractivity contribution is -0.117. The van der Waals surface area contributed by atoms with Gasteiger partial charge in [-0.25, -0.2) is 0 Å². The van der Waals surface area contributed by atoms with E-state index in [4.69, 9.17) is 0 Å². The molecule has 2 N–H and O–H groups in total. The van der Waals surface area contributed by atoms with E-state index in [1.165, 1.54) is 12.8 Å². The van der Waals surface area contributed by atoms with Gasteiger partial charge in [-0.2, -0.15) is 5.10 Å². The van der Waals surface area contributed by atoms with E-state index in [1.54, 1.807) is 0 Å². The Bertz CT molecular complexity index is 968. The topological polar surface area (TPSA) is 70.2 Å². The molecular formula is C24H27N5O. The Balaban J connectivity index is 1.39. The van der Waals surface area contributed by atoms with Crippen LogP contribution in [0.3, 0.4) is 0 Å². The number of nitrogens with one attached hydrogen (secondary N) is 2. The highest BCUT2D eigenvalue weighted by Crippen LogP contribution is 2.25. The zero-order chi connectivity index (χ0) is 20.8. The minimum atomic E-state index is -0.160. The molecule has 4 rings (SSSR count). The zero-order valence-electron chi connectivity index (χ0n) is 17.2. The van der Waals surface area contributed by atoms with Crippen molar-refractivity contribution in [1.82, 2.24) is 10.2 Å². The van der Waals surface area contributed by atoms with Gasteiger partial charge in [-0.1, -0.05) is 37.3 Å². The van der Waals surface area contributed by atoms with Crippen molar-refractivity contribution in [2.45, 2.75) is 32.1 Å². The summed E-state index contributed by atoms with van der Waals surface area (Å²) in [5.74, 6) is 0.563. The monoisotopic (exact) mass is 401 g/mol. The predicted molar refractivity (Wildman–Crippen MR) is 121 cm³/mol. The van der Waals surface area contributed by atoms with Crippen molar-refractivity contribution < 1.29 is 4.79 Å². The van der Waals surface area contributed by atoms with Crippen molar-refractivity contribution in [2.75, 3.05) is 28.6 Å². The van der Waals surface area contributed by atoms with Crippen LogP contribution < -0.4 is 15.5 Å². The van der Waals surface area contributed by atoms with Crippen LogP contribution in [0, 0.1) is 0 Å². The minimum Gasteiger partial charge on any atom is -0.370 e. The van der Waals surface area contributed by atoms with Crippen molar-refractivity contribution in [2.24, 2.45) is 0 Å². The molecule has 30 heavy (non-hydrogen) atoms. The lowest BCUT2D eigenvalue weighted by atomic mass is 9.95. The first kappa shape index (κ1) is 19.9. The Morgan fingerprint density at radius 3 is 2.43 bits per heavy atom. The van der Waals surface area contributed by atoms with Gasteiger partial charge in [0.1, 0.15) is 0 Å². The van der Waals surface area contributed by atoms with Crippen LogP contribution in [-0.2, 0) is 4.79 Å². The van der Waals surface area contributed by atoms with Crippen LogP contribution in [0.4, 0.5) is 22.9 Å². The summed E-state index contributed by atoms with van der Waals surface area (Å²) in [7, 11) is 0. The molecule has 3 aromatic rings. The van der Waals surface area contributed by atoms with Gasteiger partial charge in [-0.15, -0.1) is 5.10 Å². The number of carbonyl (C=O) groups is 1. The maximum Gasteiger partial charge on any atom is 0.231 e. The standard InChI is InChI=1S/C24H27N5O/c1-2-22(18-8-4-3-5-9-18)24(30)27-20-12-10-19(11-13-20)26-23-16-21(17-25-28-23)29-14-6-7-15-29/h3-5,8-13,16-17,22H,2,6-7,14-15H2,1H3,(H,26,28)(H,27,30). The molecule has 2 aromatic carbocycles. The number of hydrogen-bond donors (Lipinski definition) is 2. The van der Waals surface area contributed by atoms with E-state index in [9.17, 15) is 4.79 Å². The molecule has 0 spiro atoms. The van der Waals surface area contributed by atoms with Crippen LogP contribution in [0.25, 0.3) is 0 Å². The molecule has 1 aromatic heterocycles. The lowest BCUT2D eigenvalue weighted by Crippen LogP contribution is -2.20. The fourth-order valence-corrected chi connectivity index (χ4v) is 3.84. The van der Waals surface area contributed by atoms with Crippen molar-refractivity contribution in [1.29, 1.82) is 0 Å². The molecule has 6 nitrogen and oxygen atoms in total. The van der Waals surface area contributed by atoms with Crippen LogP contribution in [0.15, 0.2) is 66.9 Å². The number of anilines is 4. The van der Waals surface area contributed by atoms with Crippen LogP contribution in [0.5, 0.6) is 0 Å². The first-order valence-corrected chi connectivity index (χ1v) is 10.5. The first-order valence-electron chi connectivity index (χ1n) is 10.5. The molecule has 154 valence electrons. The maximum absolute atomic E-state index is 12.7. The maximum atomic E-state index is 12.7. The summed E-state index contributed by atoms with van der Waals surface area (Å²) >= 11 is 0. The molecule has 0 radical (unpaired) electrons. The van der Waals surface area contributed by atoms with Crippen LogP contribution in [0.2, 0.25) is 0 Å². The number of aromatic nitrogens is 2. The van der Waals surface area contributed by atoms with E-state index in [1.807, 2.05) is 73.8 Å². The van der Waals surface area contributed by atoms with Gasteiger partial charge >= 0.3 is 0 Å². The first-order chi connectivity index (χ1) is 14.7. The molecule has 1 amide bonds. The Kier molecular flexibility index (Phi) is 6.23. The van der Waals surface area contributed by atoms with Gasteiger partial charge in [0.25, 0.3) is 0 Å². The normalized spacial score (nSPS) is 14.4. The van der Waals surface area contributed by atoms with E-state index in [-0.39, 0.29) is 11.8 Å². The molecular weight excluding hydrogens is 374 g/mol. The molecule has 6 heteroatoms. The summed E-state index contributed by atoms with van der Waals surface area (Å²) in [4.78, 5) is 15.1. The lowest BCUT2D eigenvalue weighted by Gasteiger charge is -2.17. The number of amides is 1. The van der Waals surface area contributed by atoms with E-state index in [2.05, 4.69) is 25.7 Å². The number of benzene rings is 2. The van der Waals surface area contributed by atoms with E-state index in [0.717, 1.165) is 42.1 Å². The second-order valence-electron chi connectivity index (χ2n) is 7.56. The van der Waals surface area contributed by atoms with Crippen molar-refractivity contribution in [3.05, 3.63) is 72.4 Å². The number of hydrogen-bond acceptors (Lipinski definition) is 5. The molecule has 1 saturated heterocycles. The SMILES string of the molecule is CCC(C(=O)Nc1ccc(Nc2cc(N3CCCC3)cnn2)cc1)c1ccccc1. The van der Waals surface area contributed by atoms with Gasteiger partial charge in [0.2, 0.25) is 5.91 Å². The summed E-state index contributed by atoms with van der Waals surface area (Å²) in [5, 5.41) is 14.6. The Hall–Kier alpha value is -3.41. The smallest absolute Gasteiger partial charge is 0.231 e. The third kappa shape index (κ3) is 4.76. The average Bonchev–Trinajstić information content (AvgIpc) is 3.32. The highest BCUT2D eigenvalue weighted by atomic mass is 16.1.